The molecule has 0 atom stereocenters. The molecule has 29 heavy (non-hydrogen) atoms. The Kier molecular flexibility index (Phi) is 6.18. The second-order valence-corrected chi connectivity index (χ2v) is 6.87. The molecule has 0 N–H and O–H groups in total. The minimum absolute atomic E-state index is 0.0590. The molecule has 1 heterocycles. The number of hydrogen-bond donors (Lipinski definition) is 0. The third-order valence-corrected chi connectivity index (χ3v) is 4.56. The number of halogens is 1. The number of aromatic nitrogens is 2. The average Bonchev–Trinajstić information content (AvgIpc) is 2.71. The highest BCUT2D eigenvalue weighted by atomic mass is 79.9. The fourth-order valence-corrected chi connectivity index (χ4v) is 3.11. The van der Waals surface area contributed by atoms with E-state index in [0.717, 1.165) is 4.47 Å². The Hall–Kier alpha value is -3.33. The van der Waals surface area contributed by atoms with Crippen LogP contribution in [-0.4, -0.2) is 27.4 Å². The summed E-state index contributed by atoms with van der Waals surface area (Å²) in [5.41, 5.74) is 0.416. The van der Waals surface area contributed by atoms with Crippen molar-refractivity contribution >= 4 is 38.7 Å². The van der Waals surface area contributed by atoms with E-state index in [0.29, 0.717) is 28.7 Å². The predicted molar refractivity (Wildman–Crippen MR) is 115 cm³/mol. The van der Waals surface area contributed by atoms with Crippen LogP contribution in [0.5, 0.6) is 5.75 Å². The van der Waals surface area contributed by atoms with Gasteiger partial charge in [0.2, 0.25) is 5.75 Å². The van der Waals surface area contributed by atoms with E-state index in [-0.39, 0.29) is 23.6 Å². The summed E-state index contributed by atoms with van der Waals surface area (Å²) >= 11 is 3.35. The van der Waals surface area contributed by atoms with Crippen LogP contribution in [-0.2, 0) is 6.42 Å². The molecule has 0 unspecified atom stereocenters. The first-order chi connectivity index (χ1) is 14.0. The van der Waals surface area contributed by atoms with E-state index in [9.17, 15) is 14.9 Å². The highest BCUT2D eigenvalue weighted by Gasteiger charge is 2.18. The van der Waals surface area contributed by atoms with E-state index in [1.807, 2.05) is 13.0 Å². The van der Waals surface area contributed by atoms with Gasteiger partial charge < -0.3 is 4.74 Å². The van der Waals surface area contributed by atoms with Gasteiger partial charge in [-0.05, 0) is 24.3 Å². The molecule has 0 radical (unpaired) electrons. The lowest BCUT2D eigenvalue weighted by atomic mass is 10.2. The molecule has 9 heteroatoms. The van der Waals surface area contributed by atoms with Gasteiger partial charge in [0, 0.05) is 22.5 Å². The molecule has 0 saturated heterocycles. The molecule has 0 aliphatic rings. The lowest BCUT2D eigenvalue weighted by Gasteiger charge is -2.09. The number of fused-ring (bicyclic) bond motifs is 1. The number of rotatable bonds is 7. The van der Waals surface area contributed by atoms with E-state index in [1.54, 1.807) is 18.2 Å². The fourth-order valence-electron chi connectivity index (χ4n) is 2.75. The van der Waals surface area contributed by atoms with E-state index in [1.165, 1.54) is 29.1 Å². The van der Waals surface area contributed by atoms with Crippen LogP contribution in [0.3, 0.4) is 0 Å². The Morgan fingerprint density at radius 3 is 2.86 bits per heavy atom. The van der Waals surface area contributed by atoms with Gasteiger partial charge in [-0.15, -0.1) is 0 Å². The highest BCUT2D eigenvalue weighted by molar-refractivity contribution is 9.10. The first-order valence-electron chi connectivity index (χ1n) is 8.73. The van der Waals surface area contributed by atoms with Gasteiger partial charge in [-0.3, -0.25) is 14.9 Å². The highest BCUT2D eigenvalue weighted by Crippen LogP contribution is 2.30. The van der Waals surface area contributed by atoms with Crippen LogP contribution < -0.4 is 10.3 Å². The van der Waals surface area contributed by atoms with Gasteiger partial charge in [-0.1, -0.05) is 41.6 Å². The minimum Gasteiger partial charge on any atom is -0.482 e. The summed E-state index contributed by atoms with van der Waals surface area (Å²) in [5.74, 6) is 0.531. The summed E-state index contributed by atoms with van der Waals surface area (Å²) in [4.78, 5) is 28.2. The monoisotopic (exact) mass is 456 g/mol. The minimum atomic E-state index is -0.533. The Labute approximate surface area is 174 Å². The molecule has 0 spiro atoms. The van der Waals surface area contributed by atoms with Crippen molar-refractivity contribution in [2.75, 3.05) is 6.61 Å². The molecule has 8 nitrogen and oxygen atoms in total. The molecule has 3 rings (SSSR count). The Morgan fingerprint density at radius 2 is 2.17 bits per heavy atom. The van der Waals surface area contributed by atoms with E-state index in [4.69, 9.17) is 4.74 Å². The van der Waals surface area contributed by atoms with Crippen molar-refractivity contribution in [1.82, 2.24) is 9.66 Å². The van der Waals surface area contributed by atoms with Crippen LogP contribution >= 0.6 is 15.9 Å². The van der Waals surface area contributed by atoms with Crippen LogP contribution in [0.2, 0.25) is 0 Å². The van der Waals surface area contributed by atoms with Crippen LogP contribution in [0.1, 0.15) is 18.3 Å². The molecular formula is C20H17BrN4O4. The number of nitro groups is 1. The molecule has 0 aliphatic carbocycles. The van der Waals surface area contributed by atoms with Crippen molar-refractivity contribution in [3.8, 4) is 5.75 Å². The van der Waals surface area contributed by atoms with Gasteiger partial charge in [0.05, 0.1) is 22.0 Å². The number of benzene rings is 2. The maximum atomic E-state index is 12.9. The van der Waals surface area contributed by atoms with Crippen molar-refractivity contribution in [3.63, 3.8) is 0 Å². The molecule has 0 saturated carbocycles. The summed E-state index contributed by atoms with van der Waals surface area (Å²) < 4.78 is 7.43. The average molecular weight is 457 g/mol. The van der Waals surface area contributed by atoms with Crippen LogP contribution in [0.15, 0.2) is 63.4 Å². The normalized spacial score (nSPS) is 11.1. The van der Waals surface area contributed by atoms with Crippen molar-refractivity contribution < 1.29 is 9.66 Å². The maximum Gasteiger partial charge on any atom is 0.311 e. The quantitative estimate of drug-likeness (QED) is 0.231. The number of aryl methyl sites for hydroxylation is 1. The van der Waals surface area contributed by atoms with Crippen molar-refractivity contribution in [2.45, 2.75) is 13.3 Å². The topological polar surface area (TPSA) is 99.6 Å². The number of nitrogens with zero attached hydrogens (tertiary/aromatic N) is 4. The van der Waals surface area contributed by atoms with Crippen molar-refractivity contribution in [1.29, 1.82) is 0 Å². The Balaban J connectivity index is 2.15. The standard InChI is InChI=1S/C20H17BrN4O4/c1-3-10-29-19-13(6-5-7-17(19)25(27)28)12-22-24-18(4-2)23-16-9-8-14(21)11-15(16)20(24)26/h3,5-9,11-12H,1,4,10H2,2H3. The first-order valence-corrected chi connectivity index (χ1v) is 9.52. The molecule has 2 aromatic carbocycles. The Bertz CT molecular complexity index is 1190. The molecular weight excluding hydrogens is 440 g/mol. The zero-order chi connectivity index (χ0) is 21.0. The van der Waals surface area contributed by atoms with Gasteiger partial charge in [-0.2, -0.15) is 9.78 Å². The fraction of sp³-hybridized carbons (Fsp3) is 0.150. The molecule has 0 fully saturated rings. The molecule has 148 valence electrons. The third kappa shape index (κ3) is 4.24. The molecule has 0 amide bonds. The number of nitro benzene ring substituents is 1. The second kappa shape index (κ2) is 8.78. The van der Waals surface area contributed by atoms with Gasteiger partial charge in [0.15, 0.2) is 0 Å². The third-order valence-electron chi connectivity index (χ3n) is 4.07. The summed E-state index contributed by atoms with van der Waals surface area (Å²) in [6.45, 7) is 5.52. The predicted octanol–water partition coefficient (Wildman–Crippen LogP) is 4.08. The summed E-state index contributed by atoms with van der Waals surface area (Å²) in [6.07, 6.45) is 3.33. The van der Waals surface area contributed by atoms with Crippen LogP contribution in [0.25, 0.3) is 10.9 Å². The largest absolute Gasteiger partial charge is 0.482 e. The second-order valence-electron chi connectivity index (χ2n) is 5.96. The van der Waals surface area contributed by atoms with Crippen molar-refractivity contribution in [3.05, 3.63) is 85.4 Å². The number of para-hydroxylation sites is 1. The molecule has 1 aromatic heterocycles. The van der Waals surface area contributed by atoms with Gasteiger partial charge in [-0.25, -0.2) is 4.98 Å². The number of hydrogen-bond acceptors (Lipinski definition) is 6. The first kappa shape index (κ1) is 20.4. The summed E-state index contributed by atoms with van der Waals surface area (Å²) in [6, 6.07) is 9.75. The summed E-state index contributed by atoms with van der Waals surface area (Å²) in [7, 11) is 0. The zero-order valence-corrected chi connectivity index (χ0v) is 17.1. The van der Waals surface area contributed by atoms with E-state index in [2.05, 4.69) is 32.6 Å². The van der Waals surface area contributed by atoms with Crippen LogP contribution in [0, 0.1) is 10.1 Å². The summed E-state index contributed by atoms with van der Waals surface area (Å²) in [5, 5.41) is 16.0. The molecule has 0 bridgehead atoms. The molecule has 3 aromatic rings. The van der Waals surface area contributed by atoms with Crippen LogP contribution in [0.4, 0.5) is 5.69 Å². The Morgan fingerprint density at radius 1 is 1.38 bits per heavy atom. The zero-order valence-electron chi connectivity index (χ0n) is 15.5. The van der Waals surface area contributed by atoms with E-state index < -0.39 is 4.92 Å². The number of ether oxygens (including phenoxy) is 1. The maximum absolute atomic E-state index is 12.9. The van der Waals surface area contributed by atoms with Gasteiger partial charge in [0.1, 0.15) is 12.4 Å². The SMILES string of the molecule is C=CCOc1c(C=Nn2c(CC)nc3ccc(Br)cc3c2=O)cccc1[N+](=O)[O-]. The van der Waals surface area contributed by atoms with Gasteiger partial charge >= 0.3 is 5.69 Å². The van der Waals surface area contributed by atoms with Crippen molar-refractivity contribution in [2.24, 2.45) is 5.10 Å². The van der Waals surface area contributed by atoms with Gasteiger partial charge in [0.25, 0.3) is 5.56 Å². The lowest BCUT2D eigenvalue weighted by molar-refractivity contribution is -0.385. The smallest absolute Gasteiger partial charge is 0.311 e. The lowest BCUT2D eigenvalue weighted by Crippen LogP contribution is -2.22. The molecule has 0 aliphatic heterocycles. The van der Waals surface area contributed by atoms with E-state index >= 15 is 0 Å².